The number of carbonyl (C=O) groups is 1. The molecule has 0 fully saturated rings. The van der Waals surface area contributed by atoms with Crippen LogP contribution >= 0.6 is 12.2 Å². The lowest BCUT2D eigenvalue weighted by atomic mass is 9.63. The minimum Gasteiger partial charge on any atom is -0.384 e. The molecule has 5 heteroatoms. The molecule has 1 aliphatic rings. The zero-order chi connectivity index (χ0) is 23.8. The van der Waals surface area contributed by atoms with Gasteiger partial charge in [0.1, 0.15) is 6.29 Å². The summed E-state index contributed by atoms with van der Waals surface area (Å²) in [6.07, 6.45) is 4.29. The van der Waals surface area contributed by atoms with E-state index in [0.29, 0.717) is 5.11 Å². The fraction of sp³-hybridized carbons (Fsp3) is 0.481. The standard InChI is InChI=1S/C15H20O.C12H18N2OS/c1-14(2)7-8-15(3,4)13-9-11(10-16)5-6-12(13)14;1-3-13-12(16)14-11-6-4-10(5-7-11)8-9-15-2/h5-6,9-10H,7-8H2,1-4H3;4-7H,3,8-9H2,1-2H3,(H2,13,14,16). The van der Waals surface area contributed by atoms with E-state index in [1.807, 2.05) is 25.1 Å². The number of nitrogens with one attached hydrogen (secondary N) is 2. The fourth-order valence-corrected chi connectivity index (χ4v) is 4.25. The molecule has 2 aromatic rings. The second-order valence-corrected chi connectivity index (χ2v) is 10.0. The molecule has 0 bridgehead atoms. The van der Waals surface area contributed by atoms with E-state index in [1.54, 1.807) is 7.11 Å². The minimum absolute atomic E-state index is 0.198. The van der Waals surface area contributed by atoms with Gasteiger partial charge in [-0.05, 0) is 84.1 Å². The Morgan fingerprint density at radius 2 is 1.66 bits per heavy atom. The van der Waals surface area contributed by atoms with Crippen LogP contribution in [0.15, 0.2) is 42.5 Å². The van der Waals surface area contributed by atoms with Crippen molar-refractivity contribution in [2.24, 2.45) is 0 Å². The maximum absolute atomic E-state index is 10.9. The van der Waals surface area contributed by atoms with E-state index in [4.69, 9.17) is 17.0 Å². The van der Waals surface area contributed by atoms with Crippen molar-refractivity contribution in [2.75, 3.05) is 25.6 Å². The van der Waals surface area contributed by atoms with E-state index >= 15 is 0 Å². The van der Waals surface area contributed by atoms with E-state index in [1.165, 1.54) is 29.5 Å². The zero-order valence-corrected chi connectivity index (χ0v) is 21.2. The molecule has 0 saturated heterocycles. The third kappa shape index (κ3) is 7.14. The van der Waals surface area contributed by atoms with Gasteiger partial charge in [0.25, 0.3) is 0 Å². The van der Waals surface area contributed by atoms with Crippen molar-refractivity contribution in [1.29, 1.82) is 0 Å². The molecule has 0 unspecified atom stereocenters. The fourth-order valence-electron chi connectivity index (χ4n) is 3.99. The van der Waals surface area contributed by atoms with Crippen LogP contribution in [0.25, 0.3) is 0 Å². The van der Waals surface area contributed by atoms with Gasteiger partial charge in [-0.25, -0.2) is 0 Å². The molecule has 4 nitrogen and oxygen atoms in total. The zero-order valence-electron chi connectivity index (χ0n) is 20.4. The number of hydrogen-bond donors (Lipinski definition) is 2. The van der Waals surface area contributed by atoms with Crippen LogP contribution in [0.5, 0.6) is 0 Å². The summed E-state index contributed by atoms with van der Waals surface area (Å²) >= 11 is 5.10. The largest absolute Gasteiger partial charge is 0.384 e. The highest BCUT2D eigenvalue weighted by molar-refractivity contribution is 7.80. The molecule has 0 amide bonds. The summed E-state index contributed by atoms with van der Waals surface area (Å²) in [7, 11) is 1.71. The quantitative estimate of drug-likeness (QED) is 0.412. The van der Waals surface area contributed by atoms with Gasteiger partial charge in [0.2, 0.25) is 0 Å². The van der Waals surface area contributed by atoms with Crippen LogP contribution in [-0.2, 0) is 22.0 Å². The van der Waals surface area contributed by atoms with Gasteiger partial charge < -0.3 is 15.4 Å². The van der Waals surface area contributed by atoms with Gasteiger partial charge in [0.15, 0.2) is 5.11 Å². The Bertz CT molecular complexity index is 904. The molecular weight excluding hydrogens is 416 g/mol. The van der Waals surface area contributed by atoms with Crippen LogP contribution in [0.2, 0.25) is 0 Å². The summed E-state index contributed by atoms with van der Waals surface area (Å²) in [5.74, 6) is 0. The first kappa shape index (κ1) is 26.0. The molecule has 2 aromatic carbocycles. The third-order valence-corrected chi connectivity index (χ3v) is 6.40. The summed E-state index contributed by atoms with van der Waals surface area (Å²) in [5.41, 5.74) is 6.27. The molecule has 0 spiro atoms. The van der Waals surface area contributed by atoms with Crippen molar-refractivity contribution in [3.05, 3.63) is 64.7 Å². The van der Waals surface area contributed by atoms with Crippen molar-refractivity contribution in [1.82, 2.24) is 5.32 Å². The van der Waals surface area contributed by atoms with Crippen LogP contribution in [0.4, 0.5) is 5.69 Å². The number of rotatable bonds is 6. The summed E-state index contributed by atoms with van der Waals surface area (Å²) in [6.45, 7) is 12.7. The lowest BCUT2D eigenvalue weighted by Gasteiger charge is -2.41. The molecular formula is C27H38N2O2S. The summed E-state index contributed by atoms with van der Waals surface area (Å²) in [5, 5.41) is 6.82. The van der Waals surface area contributed by atoms with Crippen LogP contribution in [-0.4, -0.2) is 31.7 Å². The predicted octanol–water partition coefficient (Wildman–Crippen LogP) is 6.03. The Balaban J connectivity index is 0.000000227. The smallest absolute Gasteiger partial charge is 0.170 e. The Hall–Kier alpha value is -2.24. The number of ether oxygens (including phenoxy) is 1. The number of benzene rings is 2. The number of aldehydes is 1. The summed E-state index contributed by atoms with van der Waals surface area (Å²) in [4.78, 5) is 10.9. The number of thiocarbonyl (C=S) groups is 1. The van der Waals surface area contributed by atoms with Gasteiger partial charge in [0, 0.05) is 24.9 Å². The lowest BCUT2D eigenvalue weighted by Crippen LogP contribution is -2.33. The van der Waals surface area contributed by atoms with E-state index < -0.39 is 0 Å². The number of fused-ring (bicyclic) bond motifs is 1. The Morgan fingerprint density at radius 3 is 2.22 bits per heavy atom. The molecule has 0 atom stereocenters. The van der Waals surface area contributed by atoms with Gasteiger partial charge in [-0.1, -0.05) is 52.0 Å². The topological polar surface area (TPSA) is 50.4 Å². The first-order chi connectivity index (χ1) is 15.1. The molecule has 0 radical (unpaired) electrons. The SMILES string of the molecule is CC1(C)CCC(C)(C)c2cc(C=O)ccc21.CCNC(=S)Nc1ccc(CCOC)cc1. The molecule has 32 heavy (non-hydrogen) atoms. The maximum atomic E-state index is 10.9. The van der Waals surface area contributed by atoms with Crippen molar-refractivity contribution in [3.8, 4) is 0 Å². The first-order valence-corrected chi connectivity index (χ1v) is 11.8. The predicted molar refractivity (Wildman–Crippen MR) is 139 cm³/mol. The van der Waals surface area contributed by atoms with Crippen LogP contribution in [0, 0.1) is 0 Å². The van der Waals surface area contributed by atoms with Gasteiger partial charge in [0.05, 0.1) is 6.61 Å². The van der Waals surface area contributed by atoms with Gasteiger partial charge in [-0.15, -0.1) is 0 Å². The number of anilines is 1. The van der Waals surface area contributed by atoms with E-state index in [-0.39, 0.29) is 10.8 Å². The summed E-state index contributed by atoms with van der Waals surface area (Å²) < 4.78 is 5.03. The molecule has 174 valence electrons. The van der Waals surface area contributed by atoms with Gasteiger partial charge >= 0.3 is 0 Å². The highest BCUT2D eigenvalue weighted by Crippen LogP contribution is 2.45. The van der Waals surface area contributed by atoms with Crippen molar-refractivity contribution in [2.45, 2.75) is 64.7 Å². The van der Waals surface area contributed by atoms with Crippen molar-refractivity contribution in [3.63, 3.8) is 0 Å². The van der Waals surface area contributed by atoms with Crippen molar-refractivity contribution >= 4 is 29.3 Å². The van der Waals surface area contributed by atoms with E-state index in [9.17, 15) is 4.79 Å². The third-order valence-electron chi connectivity index (χ3n) is 6.16. The highest BCUT2D eigenvalue weighted by Gasteiger charge is 2.36. The second kappa shape index (κ2) is 11.6. The summed E-state index contributed by atoms with van der Waals surface area (Å²) in [6, 6.07) is 14.4. The first-order valence-electron chi connectivity index (χ1n) is 11.4. The van der Waals surface area contributed by atoms with Gasteiger partial charge in [-0.3, -0.25) is 4.79 Å². The highest BCUT2D eigenvalue weighted by atomic mass is 32.1. The molecule has 0 aromatic heterocycles. The molecule has 0 heterocycles. The second-order valence-electron chi connectivity index (χ2n) is 9.61. The van der Waals surface area contributed by atoms with E-state index in [0.717, 1.165) is 37.1 Å². The number of carbonyl (C=O) groups excluding carboxylic acids is 1. The lowest BCUT2D eigenvalue weighted by molar-refractivity contribution is 0.112. The Morgan fingerprint density at radius 1 is 1.03 bits per heavy atom. The average Bonchev–Trinajstić information content (AvgIpc) is 2.77. The molecule has 1 aliphatic carbocycles. The monoisotopic (exact) mass is 454 g/mol. The molecule has 2 N–H and O–H groups in total. The van der Waals surface area contributed by atoms with Crippen LogP contribution in [0.1, 0.15) is 74.5 Å². The molecule has 0 aliphatic heterocycles. The van der Waals surface area contributed by atoms with Crippen LogP contribution < -0.4 is 10.6 Å². The Kier molecular flexibility index (Phi) is 9.41. The number of methoxy groups -OCH3 is 1. The average molecular weight is 455 g/mol. The normalized spacial score (nSPS) is 15.6. The van der Waals surface area contributed by atoms with Gasteiger partial charge in [-0.2, -0.15) is 0 Å². The van der Waals surface area contributed by atoms with Crippen LogP contribution in [0.3, 0.4) is 0 Å². The Labute approximate surface area is 199 Å². The molecule has 0 saturated carbocycles. The van der Waals surface area contributed by atoms with Crippen molar-refractivity contribution < 1.29 is 9.53 Å². The molecule has 3 rings (SSSR count). The maximum Gasteiger partial charge on any atom is 0.170 e. The van der Waals surface area contributed by atoms with E-state index in [2.05, 4.69) is 62.6 Å². The minimum atomic E-state index is 0.198. The number of hydrogen-bond acceptors (Lipinski definition) is 3.